The molecule has 0 amide bonds. The van der Waals surface area contributed by atoms with Gasteiger partial charge in [0.25, 0.3) is 0 Å². The van der Waals surface area contributed by atoms with Crippen molar-refractivity contribution in [2.45, 2.75) is 37.8 Å². The summed E-state index contributed by atoms with van der Waals surface area (Å²) in [6.07, 6.45) is 5.43. The third-order valence-electron chi connectivity index (χ3n) is 3.44. The zero-order valence-electron chi connectivity index (χ0n) is 9.00. The first-order valence-electron chi connectivity index (χ1n) is 5.72. The monoisotopic (exact) mass is 199 g/mol. The van der Waals surface area contributed by atoms with Gasteiger partial charge in [-0.25, -0.2) is 0 Å². The summed E-state index contributed by atoms with van der Waals surface area (Å²) in [5, 5.41) is 3.57. The molecule has 1 heterocycles. The van der Waals surface area contributed by atoms with Crippen molar-refractivity contribution < 1.29 is 9.47 Å². The molecule has 1 N–H and O–H groups in total. The Labute approximate surface area is 86.2 Å². The van der Waals surface area contributed by atoms with Crippen molar-refractivity contribution in [1.82, 2.24) is 5.32 Å². The lowest BCUT2D eigenvalue weighted by Crippen LogP contribution is -2.45. The largest absolute Gasteiger partial charge is 0.381 e. The van der Waals surface area contributed by atoms with E-state index in [4.69, 9.17) is 9.47 Å². The number of methoxy groups -OCH3 is 1. The van der Waals surface area contributed by atoms with Crippen LogP contribution in [0.4, 0.5) is 0 Å². The molecule has 1 aliphatic heterocycles. The molecule has 0 aromatic heterocycles. The van der Waals surface area contributed by atoms with Crippen LogP contribution in [-0.4, -0.2) is 39.0 Å². The van der Waals surface area contributed by atoms with E-state index in [1.165, 1.54) is 25.7 Å². The van der Waals surface area contributed by atoms with Gasteiger partial charge in [0.1, 0.15) is 0 Å². The van der Waals surface area contributed by atoms with E-state index < -0.39 is 0 Å². The van der Waals surface area contributed by atoms with Gasteiger partial charge in [0.15, 0.2) is 0 Å². The zero-order chi connectivity index (χ0) is 9.80. The third-order valence-corrected chi connectivity index (χ3v) is 3.44. The van der Waals surface area contributed by atoms with Crippen LogP contribution in [0.1, 0.15) is 25.7 Å². The highest BCUT2D eigenvalue weighted by molar-refractivity contribution is 4.85. The van der Waals surface area contributed by atoms with Crippen LogP contribution in [-0.2, 0) is 9.47 Å². The first-order valence-corrected chi connectivity index (χ1v) is 5.72. The Kier molecular flexibility index (Phi) is 3.79. The summed E-state index contributed by atoms with van der Waals surface area (Å²) >= 11 is 0. The van der Waals surface area contributed by atoms with Gasteiger partial charge in [-0.1, -0.05) is 0 Å². The van der Waals surface area contributed by atoms with Crippen molar-refractivity contribution in [3.05, 3.63) is 0 Å². The maximum atomic E-state index is 5.34. The average Bonchev–Trinajstić information content (AvgIpc) is 2.61. The quantitative estimate of drug-likeness (QED) is 0.721. The highest BCUT2D eigenvalue weighted by atomic mass is 16.5. The summed E-state index contributed by atoms with van der Waals surface area (Å²) in [7, 11) is 1.80. The summed E-state index contributed by atoms with van der Waals surface area (Å²) in [6, 6.07) is 0.710. The molecule has 0 bridgehead atoms. The second-order valence-corrected chi connectivity index (χ2v) is 4.50. The fourth-order valence-electron chi connectivity index (χ4n) is 2.23. The van der Waals surface area contributed by atoms with Crippen molar-refractivity contribution in [1.29, 1.82) is 0 Å². The van der Waals surface area contributed by atoms with Gasteiger partial charge in [0.2, 0.25) is 0 Å². The Morgan fingerprint density at radius 2 is 2.29 bits per heavy atom. The van der Waals surface area contributed by atoms with Gasteiger partial charge in [0, 0.05) is 26.4 Å². The Bertz CT molecular complexity index is 163. The van der Waals surface area contributed by atoms with E-state index in [1.807, 2.05) is 0 Å². The molecule has 1 unspecified atom stereocenters. The van der Waals surface area contributed by atoms with Crippen LogP contribution in [0, 0.1) is 5.92 Å². The SMILES string of the molecule is COC1CC(NCCC2CCOC2)C1. The lowest BCUT2D eigenvalue weighted by molar-refractivity contribution is 0.0172. The maximum Gasteiger partial charge on any atom is 0.0601 e. The number of ether oxygens (including phenoxy) is 2. The van der Waals surface area contributed by atoms with Crippen LogP contribution >= 0.6 is 0 Å². The average molecular weight is 199 g/mol. The molecule has 0 aromatic carbocycles. The number of hydrogen-bond acceptors (Lipinski definition) is 3. The van der Waals surface area contributed by atoms with Crippen LogP contribution < -0.4 is 5.32 Å². The summed E-state index contributed by atoms with van der Waals surface area (Å²) in [5.74, 6) is 0.806. The molecule has 1 aliphatic carbocycles. The molecular formula is C11H21NO2. The Morgan fingerprint density at radius 1 is 1.43 bits per heavy atom. The summed E-state index contributed by atoms with van der Waals surface area (Å²) in [4.78, 5) is 0. The zero-order valence-corrected chi connectivity index (χ0v) is 9.00. The molecule has 1 atom stereocenters. The van der Waals surface area contributed by atoms with E-state index in [2.05, 4.69) is 5.32 Å². The van der Waals surface area contributed by atoms with Crippen molar-refractivity contribution in [2.75, 3.05) is 26.9 Å². The van der Waals surface area contributed by atoms with Gasteiger partial charge in [-0.15, -0.1) is 0 Å². The molecule has 2 aliphatic rings. The van der Waals surface area contributed by atoms with Crippen molar-refractivity contribution in [3.63, 3.8) is 0 Å². The number of nitrogens with one attached hydrogen (secondary N) is 1. The van der Waals surface area contributed by atoms with Crippen LogP contribution in [0.25, 0.3) is 0 Å². The molecule has 2 fully saturated rings. The molecular weight excluding hydrogens is 178 g/mol. The normalized spacial score (nSPS) is 37.1. The Balaban J connectivity index is 1.47. The van der Waals surface area contributed by atoms with Gasteiger partial charge < -0.3 is 14.8 Å². The van der Waals surface area contributed by atoms with Gasteiger partial charge >= 0.3 is 0 Å². The van der Waals surface area contributed by atoms with Crippen molar-refractivity contribution in [3.8, 4) is 0 Å². The van der Waals surface area contributed by atoms with Gasteiger partial charge in [-0.05, 0) is 38.1 Å². The molecule has 1 saturated carbocycles. The predicted octanol–water partition coefficient (Wildman–Crippen LogP) is 1.18. The highest BCUT2D eigenvalue weighted by Crippen LogP contribution is 2.23. The molecule has 82 valence electrons. The molecule has 3 heteroatoms. The summed E-state index contributed by atoms with van der Waals surface area (Å²) in [6.45, 7) is 3.10. The number of rotatable bonds is 5. The standard InChI is InChI=1S/C11H21NO2/c1-13-11-6-10(7-11)12-4-2-9-3-5-14-8-9/h9-12H,2-8H2,1H3. The summed E-state index contributed by atoms with van der Waals surface area (Å²) in [5.41, 5.74) is 0. The number of hydrogen-bond donors (Lipinski definition) is 1. The fourth-order valence-corrected chi connectivity index (χ4v) is 2.23. The second-order valence-electron chi connectivity index (χ2n) is 4.50. The smallest absolute Gasteiger partial charge is 0.0601 e. The lowest BCUT2D eigenvalue weighted by Gasteiger charge is -2.35. The second kappa shape index (κ2) is 5.10. The van der Waals surface area contributed by atoms with E-state index >= 15 is 0 Å². The first kappa shape index (κ1) is 10.4. The van der Waals surface area contributed by atoms with Gasteiger partial charge in [0.05, 0.1) is 6.10 Å². The van der Waals surface area contributed by atoms with E-state index in [0.29, 0.717) is 12.1 Å². The van der Waals surface area contributed by atoms with E-state index in [0.717, 1.165) is 25.7 Å². The molecule has 2 rings (SSSR count). The van der Waals surface area contributed by atoms with E-state index in [1.54, 1.807) is 7.11 Å². The van der Waals surface area contributed by atoms with Crippen LogP contribution in [0.5, 0.6) is 0 Å². The maximum absolute atomic E-state index is 5.34. The Morgan fingerprint density at radius 3 is 2.93 bits per heavy atom. The topological polar surface area (TPSA) is 30.5 Å². The van der Waals surface area contributed by atoms with Gasteiger partial charge in [-0.2, -0.15) is 0 Å². The van der Waals surface area contributed by atoms with Crippen LogP contribution in [0.15, 0.2) is 0 Å². The molecule has 0 aromatic rings. The Hall–Kier alpha value is -0.120. The third kappa shape index (κ3) is 2.69. The van der Waals surface area contributed by atoms with Crippen molar-refractivity contribution in [2.24, 2.45) is 5.92 Å². The minimum absolute atomic E-state index is 0.516. The fraction of sp³-hybridized carbons (Fsp3) is 1.00. The predicted molar refractivity (Wildman–Crippen MR) is 55.4 cm³/mol. The highest BCUT2D eigenvalue weighted by Gasteiger charge is 2.28. The van der Waals surface area contributed by atoms with Gasteiger partial charge in [-0.3, -0.25) is 0 Å². The lowest BCUT2D eigenvalue weighted by atomic mass is 9.89. The minimum atomic E-state index is 0.516. The molecule has 0 radical (unpaired) electrons. The van der Waals surface area contributed by atoms with Crippen LogP contribution in [0.3, 0.4) is 0 Å². The van der Waals surface area contributed by atoms with E-state index in [-0.39, 0.29) is 0 Å². The molecule has 14 heavy (non-hydrogen) atoms. The molecule has 1 saturated heterocycles. The minimum Gasteiger partial charge on any atom is -0.381 e. The first-order chi connectivity index (χ1) is 6.88. The van der Waals surface area contributed by atoms with Crippen molar-refractivity contribution >= 4 is 0 Å². The van der Waals surface area contributed by atoms with Crippen LogP contribution in [0.2, 0.25) is 0 Å². The molecule has 0 spiro atoms. The van der Waals surface area contributed by atoms with E-state index in [9.17, 15) is 0 Å². The molecule has 3 nitrogen and oxygen atoms in total. The summed E-state index contributed by atoms with van der Waals surface area (Å²) < 4.78 is 10.6.